The molecule has 4 heteroatoms. The fourth-order valence-corrected chi connectivity index (χ4v) is 1.62. The summed E-state index contributed by atoms with van der Waals surface area (Å²) >= 11 is 0. The third-order valence-corrected chi connectivity index (χ3v) is 2.26. The molecule has 82 valence electrons. The van der Waals surface area contributed by atoms with Gasteiger partial charge >= 0.3 is 0 Å². The van der Waals surface area contributed by atoms with Crippen molar-refractivity contribution in [3.8, 4) is 0 Å². The lowest BCUT2D eigenvalue weighted by Crippen LogP contribution is -2.43. The van der Waals surface area contributed by atoms with E-state index < -0.39 is 0 Å². The average Bonchev–Trinajstić information content (AvgIpc) is 2.27. The zero-order chi connectivity index (χ0) is 10.6. The molecule has 0 radical (unpaired) electrons. The van der Waals surface area contributed by atoms with Gasteiger partial charge in [0.15, 0.2) is 0 Å². The van der Waals surface area contributed by atoms with E-state index in [1.807, 2.05) is 18.7 Å². The quantitative estimate of drug-likeness (QED) is 0.659. The molecular formula is C10H19NO3. The Morgan fingerprint density at radius 2 is 2.29 bits per heavy atom. The molecule has 1 amide bonds. The van der Waals surface area contributed by atoms with Gasteiger partial charge in [-0.1, -0.05) is 0 Å². The van der Waals surface area contributed by atoms with E-state index in [2.05, 4.69) is 0 Å². The summed E-state index contributed by atoms with van der Waals surface area (Å²) in [5.74, 6) is 0.0473. The van der Waals surface area contributed by atoms with E-state index in [4.69, 9.17) is 9.47 Å². The molecule has 1 aliphatic heterocycles. The molecule has 4 nitrogen and oxygen atoms in total. The number of ether oxygens (including phenoxy) is 2. The molecule has 1 aliphatic rings. The van der Waals surface area contributed by atoms with E-state index in [1.165, 1.54) is 7.11 Å². The highest BCUT2D eigenvalue weighted by molar-refractivity contribution is 5.77. The van der Waals surface area contributed by atoms with E-state index in [1.54, 1.807) is 0 Å². The molecule has 0 unspecified atom stereocenters. The van der Waals surface area contributed by atoms with Crippen LogP contribution in [0.3, 0.4) is 0 Å². The molecule has 0 saturated carbocycles. The molecule has 0 aromatic rings. The maximum absolute atomic E-state index is 11.6. The van der Waals surface area contributed by atoms with Crippen LogP contribution in [-0.2, 0) is 14.3 Å². The number of nitrogens with zero attached hydrogens (tertiary/aromatic N) is 1. The van der Waals surface area contributed by atoms with Gasteiger partial charge in [-0.15, -0.1) is 0 Å². The summed E-state index contributed by atoms with van der Waals surface area (Å²) in [6.45, 7) is 6.32. The monoisotopic (exact) mass is 201 g/mol. The smallest absolute Gasteiger partial charge is 0.248 e. The van der Waals surface area contributed by atoms with E-state index in [-0.39, 0.29) is 18.1 Å². The standard InChI is InChI=1S/C10H19NO3/c1-10(2)8-11(5-4-6-14-10)9(12)7-13-3/h4-8H2,1-3H3. The van der Waals surface area contributed by atoms with Crippen molar-refractivity contribution in [3.63, 3.8) is 0 Å². The zero-order valence-corrected chi connectivity index (χ0v) is 9.21. The molecule has 1 saturated heterocycles. The Morgan fingerprint density at radius 3 is 2.93 bits per heavy atom. The largest absolute Gasteiger partial charge is 0.375 e. The number of carbonyl (C=O) groups excluding carboxylic acids is 1. The second kappa shape index (κ2) is 4.75. The van der Waals surface area contributed by atoms with Crippen molar-refractivity contribution in [2.75, 3.05) is 33.4 Å². The van der Waals surface area contributed by atoms with Gasteiger partial charge in [-0.25, -0.2) is 0 Å². The summed E-state index contributed by atoms with van der Waals surface area (Å²) < 4.78 is 10.4. The highest BCUT2D eigenvalue weighted by Crippen LogP contribution is 2.16. The molecule has 0 atom stereocenters. The Hall–Kier alpha value is -0.610. The van der Waals surface area contributed by atoms with E-state index >= 15 is 0 Å². The number of rotatable bonds is 2. The first-order valence-electron chi connectivity index (χ1n) is 4.96. The van der Waals surface area contributed by atoms with Gasteiger partial charge in [0.05, 0.1) is 5.60 Å². The summed E-state index contributed by atoms with van der Waals surface area (Å²) in [6, 6.07) is 0. The Kier molecular flexibility index (Phi) is 3.89. The molecule has 1 heterocycles. The molecule has 0 aromatic carbocycles. The summed E-state index contributed by atoms with van der Waals surface area (Å²) in [5.41, 5.74) is -0.236. The number of hydrogen-bond donors (Lipinski definition) is 0. The van der Waals surface area contributed by atoms with E-state index in [9.17, 15) is 4.79 Å². The van der Waals surface area contributed by atoms with Crippen molar-refractivity contribution in [2.45, 2.75) is 25.9 Å². The van der Waals surface area contributed by atoms with Crippen molar-refractivity contribution in [1.29, 1.82) is 0 Å². The molecule has 1 rings (SSSR count). The minimum atomic E-state index is -0.236. The molecule has 0 spiro atoms. The molecule has 1 fully saturated rings. The first-order valence-corrected chi connectivity index (χ1v) is 4.96. The average molecular weight is 201 g/mol. The topological polar surface area (TPSA) is 38.8 Å². The summed E-state index contributed by atoms with van der Waals surface area (Å²) in [5, 5.41) is 0. The minimum absolute atomic E-state index is 0.0473. The van der Waals surface area contributed by atoms with Crippen LogP contribution in [0.4, 0.5) is 0 Å². The van der Waals surface area contributed by atoms with E-state index in [0.29, 0.717) is 6.54 Å². The van der Waals surface area contributed by atoms with Crippen molar-refractivity contribution in [3.05, 3.63) is 0 Å². The fourth-order valence-electron chi connectivity index (χ4n) is 1.62. The summed E-state index contributed by atoms with van der Waals surface area (Å²) in [6.07, 6.45) is 0.902. The Labute approximate surface area is 85.2 Å². The Bertz CT molecular complexity index is 204. The van der Waals surface area contributed by atoms with Gasteiger partial charge in [0.25, 0.3) is 0 Å². The molecule has 0 aliphatic carbocycles. The van der Waals surface area contributed by atoms with Crippen molar-refractivity contribution < 1.29 is 14.3 Å². The molecular weight excluding hydrogens is 182 g/mol. The van der Waals surface area contributed by atoms with Crippen LogP contribution in [0.5, 0.6) is 0 Å². The van der Waals surface area contributed by atoms with Crippen LogP contribution >= 0.6 is 0 Å². The van der Waals surface area contributed by atoms with Crippen LogP contribution in [-0.4, -0.2) is 49.8 Å². The maximum Gasteiger partial charge on any atom is 0.248 e. The van der Waals surface area contributed by atoms with Gasteiger partial charge in [0.1, 0.15) is 6.61 Å². The second-order valence-electron chi connectivity index (χ2n) is 4.21. The third-order valence-electron chi connectivity index (χ3n) is 2.26. The summed E-state index contributed by atoms with van der Waals surface area (Å²) in [7, 11) is 1.54. The number of methoxy groups -OCH3 is 1. The van der Waals surface area contributed by atoms with Crippen molar-refractivity contribution in [2.24, 2.45) is 0 Å². The van der Waals surface area contributed by atoms with E-state index in [0.717, 1.165) is 19.6 Å². The van der Waals surface area contributed by atoms with Gasteiger partial charge < -0.3 is 14.4 Å². The van der Waals surface area contributed by atoms with Crippen LogP contribution in [0.2, 0.25) is 0 Å². The van der Waals surface area contributed by atoms with Crippen LogP contribution < -0.4 is 0 Å². The predicted molar refractivity (Wildman–Crippen MR) is 53.1 cm³/mol. The van der Waals surface area contributed by atoms with Crippen LogP contribution in [0.15, 0.2) is 0 Å². The lowest BCUT2D eigenvalue weighted by atomic mass is 10.1. The third kappa shape index (κ3) is 3.27. The van der Waals surface area contributed by atoms with Crippen LogP contribution in [0, 0.1) is 0 Å². The van der Waals surface area contributed by atoms with Gasteiger partial charge in [-0.2, -0.15) is 0 Å². The van der Waals surface area contributed by atoms with Crippen LogP contribution in [0.1, 0.15) is 20.3 Å². The number of carbonyl (C=O) groups is 1. The molecule has 0 aromatic heterocycles. The van der Waals surface area contributed by atoms with Gasteiger partial charge in [0.2, 0.25) is 5.91 Å². The Balaban J connectivity index is 2.55. The SMILES string of the molecule is COCC(=O)N1CCCOC(C)(C)C1. The first-order chi connectivity index (χ1) is 6.55. The normalized spacial score (nSPS) is 21.8. The molecule has 14 heavy (non-hydrogen) atoms. The highest BCUT2D eigenvalue weighted by atomic mass is 16.5. The summed E-state index contributed by atoms with van der Waals surface area (Å²) in [4.78, 5) is 13.4. The number of amides is 1. The lowest BCUT2D eigenvalue weighted by molar-refractivity contribution is -0.137. The lowest BCUT2D eigenvalue weighted by Gasteiger charge is -2.28. The van der Waals surface area contributed by atoms with Gasteiger partial charge in [0, 0.05) is 26.8 Å². The number of hydrogen-bond acceptors (Lipinski definition) is 3. The first kappa shape index (κ1) is 11.5. The molecule has 0 N–H and O–H groups in total. The van der Waals surface area contributed by atoms with Crippen molar-refractivity contribution in [1.82, 2.24) is 4.90 Å². The Morgan fingerprint density at radius 1 is 1.57 bits per heavy atom. The van der Waals surface area contributed by atoms with Crippen LogP contribution in [0.25, 0.3) is 0 Å². The molecule has 0 bridgehead atoms. The maximum atomic E-state index is 11.6. The fraction of sp³-hybridized carbons (Fsp3) is 0.900. The minimum Gasteiger partial charge on any atom is -0.375 e. The zero-order valence-electron chi connectivity index (χ0n) is 9.21. The predicted octanol–water partition coefficient (Wildman–Crippen LogP) is 0.660. The van der Waals surface area contributed by atoms with Gasteiger partial charge in [-0.05, 0) is 20.3 Å². The van der Waals surface area contributed by atoms with Crippen molar-refractivity contribution >= 4 is 5.91 Å². The van der Waals surface area contributed by atoms with Gasteiger partial charge in [-0.3, -0.25) is 4.79 Å². The second-order valence-corrected chi connectivity index (χ2v) is 4.21. The highest BCUT2D eigenvalue weighted by Gasteiger charge is 2.27.